The number of benzene rings is 2. The van der Waals surface area contributed by atoms with Gasteiger partial charge >= 0.3 is 0 Å². The third-order valence-electron chi connectivity index (χ3n) is 6.04. The minimum atomic E-state index is -0.663. The number of aldehydes is 1. The molecule has 0 saturated carbocycles. The number of ketones is 1. The number of hydrogen-bond donors (Lipinski definition) is 4. The van der Waals surface area contributed by atoms with Gasteiger partial charge in [-0.1, -0.05) is 31.2 Å². The number of Topliss-reactive ketones (excluding diaryl/α,β-unsaturated/α-hetero) is 1. The van der Waals surface area contributed by atoms with Gasteiger partial charge in [0.15, 0.2) is 5.78 Å². The Labute approximate surface area is 213 Å². The lowest BCUT2D eigenvalue weighted by Crippen LogP contribution is -2.66. The van der Waals surface area contributed by atoms with Crippen LogP contribution in [-0.2, 0) is 19.1 Å². The summed E-state index contributed by atoms with van der Waals surface area (Å²) in [6, 6.07) is 10.7. The number of ether oxygens (including phenoxy) is 4. The van der Waals surface area contributed by atoms with E-state index in [1.165, 1.54) is 0 Å². The minimum Gasteiger partial charge on any atom is -0.490 e. The third kappa shape index (κ3) is 8.81. The summed E-state index contributed by atoms with van der Waals surface area (Å²) in [5, 5.41) is 11.1. The first kappa shape index (κ1) is 29.6. The van der Waals surface area contributed by atoms with Gasteiger partial charge in [0.25, 0.3) is 0 Å². The predicted octanol–water partition coefficient (Wildman–Crippen LogP) is 1.06. The van der Waals surface area contributed by atoms with Gasteiger partial charge in [0.2, 0.25) is 0 Å². The first-order valence-corrected chi connectivity index (χ1v) is 12.1. The SMILES string of the molecule is CNC(COCCOCCOc1cccc2cccc(OCC(=O)CC(C)[C@H](N)C=O)c12)(NC)NC. The molecule has 0 aromatic heterocycles. The molecule has 0 spiro atoms. The number of rotatable bonds is 19. The van der Waals surface area contributed by atoms with E-state index in [9.17, 15) is 9.59 Å². The van der Waals surface area contributed by atoms with Gasteiger partial charge in [0.05, 0.1) is 37.9 Å². The zero-order valence-electron chi connectivity index (χ0n) is 21.7. The first-order valence-electron chi connectivity index (χ1n) is 12.1. The lowest BCUT2D eigenvalue weighted by molar-refractivity contribution is -0.122. The molecule has 36 heavy (non-hydrogen) atoms. The number of fused-ring (bicyclic) bond motifs is 1. The van der Waals surface area contributed by atoms with Crippen LogP contribution in [0.3, 0.4) is 0 Å². The van der Waals surface area contributed by atoms with Crippen LogP contribution in [0.4, 0.5) is 0 Å². The van der Waals surface area contributed by atoms with Crippen LogP contribution < -0.4 is 31.2 Å². The van der Waals surface area contributed by atoms with Crippen molar-refractivity contribution in [1.82, 2.24) is 16.0 Å². The molecule has 10 heteroatoms. The number of likely N-dealkylation sites (N-methyl/N-ethyl adjacent to an activating group) is 3. The molecule has 0 aliphatic heterocycles. The number of hydrogen-bond acceptors (Lipinski definition) is 10. The van der Waals surface area contributed by atoms with Crippen molar-refractivity contribution in [2.75, 3.05) is 60.8 Å². The van der Waals surface area contributed by atoms with E-state index in [4.69, 9.17) is 24.7 Å². The maximum absolute atomic E-state index is 12.3. The highest BCUT2D eigenvalue weighted by Gasteiger charge is 2.23. The van der Waals surface area contributed by atoms with E-state index in [0.717, 1.165) is 10.8 Å². The van der Waals surface area contributed by atoms with Crippen LogP contribution in [0.5, 0.6) is 11.5 Å². The molecule has 2 aromatic rings. The normalized spacial score (nSPS) is 13.4. The molecule has 0 saturated heterocycles. The van der Waals surface area contributed by atoms with Crippen molar-refractivity contribution in [2.24, 2.45) is 11.7 Å². The Morgan fingerprint density at radius 2 is 1.53 bits per heavy atom. The van der Waals surface area contributed by atoms with Crippen LogP contribution in [0, 0.1) is 5.92 Å². The molecule has 0 aliphatic rings. The van der Waals surface area contributed by atoms with Gasteiger partial charge in [-0.25, -0.2) is 0 Å². The summed E-state index contributed by atoms with van der Waals surface area (Å²) in [4.78, 5) is 23.2. The first-order chi connectivity index (χ1) is 17.4. The van der Waals surface area contributed by atoms with Crippen LogP contribution >= 0.6 is 0 Å². The molecule has 5 N–H and O–H groups in total. The van der Waals surface area contributed by atoms with Gasteiger partial charge in [-0.3, -0.25) is 20.7 Å². The highest BCUT2D eigenvalue weighted by atomic mass is 16.5. The van der Waals surface area contributed by atoms with Crippen molar-refractivity contribution in [2.45, 2.75) is 25.2 Å². The Kier molecular flexibility index (Phi) is 12.8. The van der Waals surface area contributed by atoms with Crippen molar-refractivity contribution < 1.29 is 28.5 Å². The second-order valence-corrected chi connectivity index (χ2v) is 8.50. The topological polar surface area (TPSA) is 133 Å². The van der Waals surface area contributed by atoms with Crippen molar-refractivity contribution >= 4 is 22.8 Å². The molecule has 2 aromatic carbocycles. The predicted molar refractivity (Wildman–Crippen MR) is 139 cm³/mol. The van der Waals surface area contributed by atoms with Crippen LogP contribution in [0.15, 0.2) is 36.4 Å². The standard InChI is InChI=1S/C26H40N4O6/c1-19(22(27)16-31)15-21(32)17-36-24-10-6-8-20-7-5-9-23(25(20)24)35-14-13-33-11-12-34-18-26(28-2,29-3)30-4/h5-10,16,19,22,28-30H,11-15,17-18,27H2,1-4H3/t19?,22-/m1/s1. The molecule has 0 amide bonds. The highest BCUT2D eigenvalue weighted by molar-refractivity contribution is 5.94. The quantitative estimate of drug-likeness (QED) is 0.125. The summed E-state index contributed by atoms with van der Waals surface area (Å²) >= 11 is 0. The molecule has 10 nitrogen and oxygen atoms in total. The second-order valence-electron chi connectivity index (χ2n) is 8.50. The molecule has 0 radical (unpaired) electrons. The lowest BCUT2D eigenvalue weighted by atomic mass is 9.98. The molecule has 0 fully saturated rings. The number of carbonyl (C=O) groups excluding carboxylic acids is 2. The molecule has 2 rings (SSSR count). The van der Waals surface area contributed by atoms with E-state index in [-0.39, 0.29) is 24.7 Å². The fraction of sp³-hybridized carbons (Fsp3) is 0.538. The Morgan fingerprint density at radius 3 is 2.14 bits per heavy atom. The summed E-state index contributed by atoms with van der Waals surface area (Å²) < 4.78 is 23.1. The fourth-order valence-electron chi connectivity index (χ4n) is 3.61. The second kappa shape index (κ2) is 15.5. The van der Waals surface area contributed by atoms with E-state index in [0.29, 0.717) is 50.8 Å². The number of carbonyl (C=O) groups is 2. The Balaban J connectivity index is 1.85. The van der Waals surface area contributed by atoms with E-state index in [1.54, 1.807) is 13.0 Å². The van der Waals surface area contributed by atoms with Gasteiger partial charge < -0.3 is 29.5 Å². The Bertz CT molecular complexity index is 940. The van der Waals surface area contributed by atoms with Crippen LogP contribution in [0.1, 0.15) is 13.3 Å². The minimum absolute atomic E-state index is 0.109. The molecular weight excluding hydrogens is 464 g/mol. The van der Waals surface area contributed by atoms with Gasteiger partial charge in [-0.05, 0) is 44.6 Å². The van der Waals surface area contributed by atoms with Crippen molar-refractivity contribution in [1.29, 1.82) is 0 Å². The Morgan fingerprint density at radius 1 is 0.944 bits per heavy atom. The maximum Gasteiger partial charge on any atom is 0.170 e. The molecule has 0 aliphatic carbocycles. The molecule has 200 valence electrons. The molecule has 0 bridgehead atoms. The van der Waals surface area contributed by atoms with Crippen LogP contribution in [-0.4, -0.2) is 84.7 Å². The van der Waals surface area contributed by atoms with E-state index >= 15 is 0 Å². The summed E-state index contributed by atoms with van der Waals surface area (Å²) in [5.41, 5.74) is 5.69. The lowest BCUT2D eigenvalue weighted by Gasteiger charge is -2.32. The van der Waals surface area contributed by atoms with Gasteiger partial charge in [-0.15, -0.1) is 0 Å². The van der Waals surface area contributed by atoms with Crippen molar-refractivity contribution in [3.05, 3.63) is 36.4 Å². The molecule has 2 atom stereocenters. The average molecular weight is 505 g/mol. The maximum atomic E-state index is 12.3. The van der Waals surface area contributed by atoms with E-state index in [1.807, 2.05) is 51.5 Å². The third-order valence-corrected chi connectivity index (χ3v) is 6.04. The largest absolute Gasteiger partial charge is 0.490 e. The molecule has 0 heterocycles. The smallest absolute Gasteiger partial charge is 0.170 e. The molecular formula is C26H40N4O6. The molecule has 1 unspecified atom stereocenters. The van der Waals surface area contributed by atoms with Gasteiger partial charge in [-0.2, -0.15) is 0 Å². The monoisotopic (exact) mass is 504 g/mol. The van der Waals surface area contributed by atoms with E-state index in [2.05, 4.69) is 16.0 Å². The Hall–Kier alpha value is -2.60. The number of nitrogens with two attached hydrogens (primary N) is 1. The zero-order valence-corrected chi connectivity index (χ0v) is 21.7. The average Bonchev–Trinajstić information content (AvgIpc) is 2.90. The summed E-state index contributed by atoms with van der Waals surface area (Å²) in [6.07, 6.45) is 0.834. The summed E-state index contributed by atoms with van der Waals surface area (Å²) in [6.45, 7) is 3.73. The van der Waals surface area contributed by atoms with E-state index < -0.39 is 11.8 Å². The van der Waals surface area contributed by atoms with Gasteiger partial charge in [0, 0.05) is 6.42 Å². The fourth-order valence-corrected chi connectivity index (χ4v) is 3.61. The van der Waals surface area contributed by atoms with Crippen molar-refractivity contribution in [3.8, 4) is 11.5 Å². The van der Waals surface area contributed by atoms with Gasteiger partial charge in [0.1, 0.15) is 36.8 Å². The summed E-state index contributed by atoms with van der Waals surface area (Å²) in [7, 11) is 5.54. The highest BCUT2D eigenvalue weighted by Crippen LogP contribution is 2.34. The van der Waals surface area contributed by atoms with Crippen molar-refractivity contribution in [3.63, 3.8) is 0 Å². The zero-order chi connectivity index (χ0) is 26.4. The number of nitrogens with one attached hydrogen (secondary N) is 3. The summed E-state index contributed by atoms with van der Waals surface area (Å²) in [5.74, 6) is 0.353. The van der Waals surface area contributed by atoms with Crippen LogP contribution in [0.2, 0.25) is 0 Å². The van der Waals surface area contributed by atoms with Crippen LogP contribution in [0.25, 0.3) is 10.8 Å².